The lowest BCUT2D eigenvalue weighted by atomic mass is 10.1. The van der Waals surface area contributed by atoms with Gasteiger partial charge in [0.1, 0.15) is 17.2 Å². The van der Waals surface area contributed by atoms with Crippen molar-refractivity contribution in [2.24, 2.45) is 0 Å². The maximum Gasteiger partial charge on any atom is 0.151 e. The summed E-state index contributed by atoms with van der Waals surface area (Å²) in [5.41, 5.74) is 1.81. The maximum absolute atomic E-state index is 14.3. The highest BCUT2D eigenvalue weighted by atomic mass is 19.1. The molecule has 3 rings (SSSR count). The lowest BCUT2D eigenvalue weighted by molar-refractivity contribution is 0.600. The van der Waals surface area contributed by atoms with Gasteiger partial charge in [-0.25, -0.2) is 13.8 Å². The van der Waals surface area contributed by atoms with Gasteiger partial charge in [0.15, 0.2) is 5.82 Å². The predicted molar refractivity (Wildman–Crippen MR) is 78.0 cm³/mol. The summed E-state index contributed by atoms with van der Waals surface area (Å²) >= 11 is 0. The molecule has 0 aliphatic rings. The number of aryl methyl sites for hydroxylation is 1. The number of rotatable bonds is 2. The van der Waals surface area contributed by atoms with Gasteiger partial charge in [0.05, 0.1) is 11.7 Å². The first-order chi connectivity index (χ1) is 9.99. The zero-order chi connectivity index (χ0) is 15.1. The third kappa shape index (κ3) is 2.18. The van der Waals surface area contributed by atoms with Gasteiger partial charge in [-0.2, -0.15) is 0 Å². The zero-order valence-corrected chi connectivity index (χ0v) is 12.1. The Bertz CT molecular complexity index is 822. The van der Waals surface area contributed by atoms with Crippen LogP contribution in [-0.4, -0.2) is 14.5 Å². The van der Waals surface area contributed by atoms with Crippen LogP contribution in [0.15, 0.2) is 30.6 Å². The molecule has 0 unspecified atom stereocenters. The van der Waals surface area contributed by atoms with Crippen molar-refractivity contribution in [3.8, 4) is 11.1 Å². The number of imidazole rings is 1. The molecule has 3 aromatic rings. The Kier molecular flexibility index (Phi) is 3.20. The van der Waals surface area contributed by atoms with Gasteiger partial charge in [0.25, 0.3) is 0 Å². The molecule has 0 saturated heterocycles. The standard InChI is InChI=1S/C16H15F2N3/c1-9(2)21-10(3)20-16-13(17)6-11(7-15(16)21)12-4-5-19-8-14(12)18/h4-9H,1-3H3. The minimum absolute atomic E-state index is 0.145. The van der Waals surface area contributed by atoms with Crippen molar-refractivity contribution in [2.75, 3.05) is 0 Å². The van der Waals surface area contributed by atoms with E-state index in [0.29, 0.717) is 22.2 Å². The molecule has 0 atom stereocenters. The number of benzene rings is 1. The summed E-state index contributed by atoms with van der Waals surface area (Å²) < 4.78 is 30.1. The van der Waals surface area contributed by atoms with E-state index in [1.54, 1.807) is 12.1 Å². The molecule has 2 aromatic heterocycles. The first-order valence-electron chi connectivity index (χ1n) is 6.77. The number of halogens is 2. The number of pyridine rings is 1. The van der Waals surface area contributed by atoms with Crippen LogP contribution in [0, 0.1) is 18.6 Å². The molecule has 3 nitrogen and oxygen atoms in total. The van der Waals surface area contributed by atoms with Gasteiger partial charge in [-0.1, -0.05) is 0 Å². The molecule has 0 amide bonds. The molecule has 5 heteroatoms. The molecule has 21 heavy (non-hydrogen) atoms. The monoisotopic (exact) mass is 287 g/mol. The van der Waals surface area contributed by atoms with Crippen LogP contribution < -0.4 is 0 Å². The van der Waals surface area contributed by atoms with Crippen molar-refractivity contribution in [1.29, 1.82) is 0 Å². The first-order valence-corrected chi connectivity index (χ1v) is 6.77. The van der Waals surface area contributed by atoms with E-state index in [1.807, 2.05) is 25.3 Å². The van der Waals surface area contributed by atoms with E-state index < -0.39 is 11.6 Å². The summed E-state index contributed by atoms with van der Waals surface area (Å²) in [6, 6.07) is 4.78. The second kappa shape index (κ2) is 4.91. The van der Waals surface area contributed by atoms with E-state index in [4.69, 9.17) is 0 Å². The quantitative estimate of drug-likeness (QED) is 0.705. The SMILES string of the molecule is Cc1nc2c(F)cc(-c3ccncc3F)cc2n1C(C)C. The highest BCUT2D eigenvalue weighted by Crippen LogP contribution is 2.30. The second-order valence-electron chi connectivity index (χ2n) is 5.30. The van der Waals surface area contributed by atoms with E-state index >= 15 is 0 Å². The van der Waals surface area contributed by atoms with E-state index in [2.05, 4.69) is 9.97 Å². The molecule has 0 spiro atoms. The highest BCUT2D eigenvalue weighted by molar-refractivity contribution is 5.83. The Morgan fingerprint density at radius 3 is 2.57 bits per heavy atom. The van der Waals surface area contributed by atoms with Crippen molar-refractivity contribution >= 4 is 11.0 Å². The summed E-state index contributed by atoms with van der Waals surface area (Å²) in [4.78, 5) is 7.99. The molecule has 0 aliphatic carbocycles. The summed E-state index contributed by atoms with van der Waals surface area (Å²) in [7, 11) is 0. The molecule has 0 saturated carbocycles. The molecule has 108 valence electrons. The second-order valence-corrected chi connectivity index (χ2v) is 5.30. The molecular weight excluding hydrogens is 272 g/mol. The van der Waals surface area contributed by atoms with Crippen LogP contribution in [0.1, 0.15) is 25.7 Å². The Balaban J connectivity index is 2.32. The molecule has 0 radical (unpaired) electrons. The molecule has 0 aliphatic heterocycles. The van der Waals surface area contributed by atoms with Crippen molar-refractivity contribution in [3.05, 3.63) is 48.1 Å². The molecular formula is C16H15F2N3. The number of hydrogen-bond acceptors (Lipinski definition) is 2. The Morgan fingerprint density at radius 1 is 1.14 bits per heavy atom. The third-order valence-electron chi connectivity index (χ3n) is 3.52. The average molecular weight is 287 g/mol. The molecule has 0 N–H and O–H groups in total. The van der Waals surface area contributed by atoms with E-state index in [9.17, 15) is 8.78 Å². The fourth-order valence-electron chi connectivity index (χ4n) is 2.69. The summed E-state index contributed by atoms with van der Waals surface area (Å²) in [5.74, 6) is -0.170. The number of fused-ring (bicyclic) bond motifs is 1. The normalized spacial score (nSPS) is 11.5. The number of nitrogens with zero attached hydrogens (tertiary/aromatic N) is 3. The lowest BCUT2D eigenvalue weighted by Crippen LogP contribution is -2.02. The van der Waals surface area contributed by atoms with E-state index in [0.717, 1.165) is 12.0 Å². The van der Waals surface area contributed by atoms with Gasteiger partial charge in [-0.3, -0.25) is 4.98 Å². The summed E-state index contributed by atoms with van der Waals surface area (Å²) in [6.45, 7) is 5.85. The van der Waals surface area contributed by atoms with Gasteiger partial charge >= 0.3 is 0 Å². The molecule has 0 bridgehead atoms. The fraction of sp³-hybridized carbons (Fsp3) is 0.250. The van der Waals surface area contributed by atoms with Gasteiger partial charge in [-0.05, 0) is 44.5 Å². The van der Waals surface area contributed by atoms with Crippen molar-refractivity contribution in [1.82, 2.24) is 14.5 Å². The maximum atomic E-state index is 14.3. The third-order valence-corrected chi connectivity index (χ3v) is 3.52. The fourth-order valence-corrected chi connectivity index (χ4v) is 2.69. The number of aromatic nitrogens is 3. The number of hydrogen-bond donors (Lipinski definition) is 0. The van der Waals surface area contributed by atoms with Gasteiger partial charge in [-0.15, -0.1) is 0 Å². The van der Waals surface area contributed by atoms with Crippen LogP contribution in [0.3, 0.4) is 0 Å². The van der Waals surface area contributed by atoms with Gasteiger partial charge < -0.3 is 4.57 Å². The van der Waals surface area contributed by atoms with Crippen LogP contribution in [-0.2, 0) is 0 Å². The van der Waals surface area contributed by atoms with Crippen molar-refractivity contribution in [2.45, 2.75) is 26.8 Å². The highest BCUT2D eigenvalue weighted by Gasteiger charge is 2.16. The largest absolute Gasteiger partial charge is 0.326 e. The zero-order valence-electron chi connectivity index (χ0n) is 12.1. The van der Waals surface area contributed by atoms with Gasteiger partial charge in [0, 0.05) is 17.8 Å². The minimum atomic E-state index is -0.469. The average Bonchev–Trinajstić information content (AvgIpc) is 2.76. The van der Waals surface area contributed by atoms with E-state index in [-0.39, 0.29) is 6.04 Å². The van der Waals surface area contributed by atoms with Crippen molar-refractivity contribution in [3.63, 3.8) is 0 Å². The Morgan fingerprint density at radius 2 is 1.90 bits per heavy atom. The first kappa shape index (κ1) is 13.7. The predicted octanol–water partition coefficient (Wildman–Crippen LogP) is 4.27. The molecule has 0 fully saturated rings. The summed E-state index contributed by atoms with van der Waals surface area (Å²) in [5, 5.41) is 0. The molecule has 1 aromatic carbocycles. The van der Waals surface area contributed by atoms with Crippen LogP contribution in [0.5, 0.6) is 0 Å². The topological polar surface area (TPSA) is 30.7 Å². The van der Waals surface area contributed by atoms with Crippen LogP contribution >= 0.6 is 0 Å². The lowest BCUT2D eigenvalue weighted by Gasteiger charge is -2.12. The summed E-state index contributed by atoms with van der Waals surface area (Å²) in [6.07, 6.45) is 2.62. The minimum Gasteiger partial charge on any atom is -0.326 e. The molecule has 2 heterocycles. The Labute approximate surface area is 121 Å². The smallest absolute Gasteiger partial charge is 0.151 e. The van der Waals surface area contributed by atoms with Crippen LogP contribution in [0.25, 0.3) is 22.2 Å². The Hall–Kier alpha value is -2.30. The van der Waals surface area contributed by atoms with Crippen molar-refractivity contribution < 1.29 is 8.78 Å². The van der Waals surface area contributed by atoms with Crippen LogP contribution in [0.2, 0.25) is 0 Å². The van der Waals surface area contributed by atoms with E-state index in [1.165, 1.54) is 12.3 Å². The van der Waals surface area contributed by atoms with Gasteiger partial charge in [0.2, 0.25) is 0 Å². The van der Waals surface area contributed by atoms with Crippen LogP contribution in [0.4, 0.5) is 8.78 Å².